The summed E-state index contributed by atoms with van der Waals surface area (Å²) >= 11 is 6.00. The Morgan fingerprint density at radius 1 is 1.41 bits per heavy atom. The second-order valence-electron chi connectivity index (χ2n) is 4.36. The van der Waals surface area contributed by atoms with Crippen molar-refractivity contribution in [1.29, 1.82) is 0 Å². The second-order valence-corrected chi connectivity index (χ2v) is 4.77. The Kier molecular flexibility index (Phi) is 2.48. The molecule has 0 saturated heterocycles. The van der Waals surface area contributed by atoms with Crippen molar-refractivity contribution in [1.82, 2.24) is 20.2 Å². The first-order valence-electron chi connectivity index (χ1n) is 5.55. The first-order chi connectivity index (χ1) is 8.24. The fourth-order valence-corrected chi connectivity index (χ4v) is 1.93. The summed E-state index contributed by atoms with van der Waals surface area (Å²) in [6.45, 7) is 0.879. The fourth-order valence-electron chi connectivity index (χ4n) is 1.75. The SMILES string of the molecule is Nc1ccc(-c2nnnn2CC2CC2)cc1Cl. The lowest BCUT2D eigenvalue weighted by atomic mass is 10.2. The molecule has 0 unspecified atom stereocenters. The summed E-state index contributed by atoms with van der Waals surface area (Å²) in [5.74, 6) is 1.47. The van der Waals surface area contributed by atoms with Crippen molar-refractivity contribution in [3.8, 4) is 11.4 Å². The third-order valence-electron chi connectivity index (χ3n) is 2.92. The van der Waals surface area contributed by atoms with Gasteiger partial charge in [-0.15, -0.1) is 5.10 Å². The van der Waals surface area contributed by atoms with Gasteiger partial charge in [-0.05, 0) is 47.4 Å². The molecular weight excluding hydrogens is 238 g/mol. The molecule has 2 N–H and O–H groups in total. The molecule has 1 heterocycles. The Morgan fingerprint density at radius 2 is 2.24 bits per heavy atom. The van der Waals surface area contributed by atoms with Crippen LogP contribution in [0.15, 0.2) is 18.2 Å². The minimum Gasteiger partial charge on any atom is -0.398 e. The van der Waals surface area contributed by atoms with Gasteiger partial charge in [0.25, 0.3) is 0 Å². The topological polar surface area (TPSA) is 69.6 Å². The summed E-state index contributed by atoms with van der Waals surface area (Å²) in [5.41, 5.74) is 7.14. The number of halogens is 1. The van der Waals surface area contributed by atoms with Crippen LogP contribution < -0.4 is 5.73 Å². The van der Waals surface area contributed by atoms with E-state index in [2.05, 4.69) is 15.5 Å². The highest BCUT2D eigenvalue weighted by molar-refractivity contribution is 6.33. The Balaban J connectivity index is 1.96. The molecule has 3 rings (SSSR count). The number of anilines is 1. The molecule has 0 atom stereocenters. The van der Waals surface area contributed by atoms with Gasteiger partial charge < -0.3 is 5.73 Å². The minimum absolute atomic E-state index is 0.531. The van der Waals surface area contributed by atoms with Gasteiger partial charge in [0.1, 0.15) is 0 Å². The standard InChI is InChI=1S/C11H12ClN5/c12-9-5-8(3-4-10(9)13)11-14-15-16-17(11)6-7-1-2-7/h3-5,7H,1-2,6,13H2. The summed E-state index contributed by atoms with van der Waals surface area (Å²) in [4.78, 5) is 0. The van der Waals surface area contributed by atoms with E-state index in [1.54, 1.807) is 12.1 Å². The predicted molar refractivity (Wildman–Crippen MR) is 65.4 cm³/mol. The van der Waals surface area contributed by atoms with Gasteiger partial charge in [0.15, 0.2) is 5.82 Å². The van der Waals surface area contributed by atoms with Crippen LogP contribution in [0.2, 0.25) is 5.02 Å². The van der Waals surface area contributed by atoms with Crippen molar-refractivity contribution in [2.24, 2.45) is 5.92 Å². The highest BCUT2D eigenvalue weighted by Gasteiger charge is 2.24. The van der Waals surface area contributed by atoms with E-state index >= 15 is 0 Å². The maximum Gasteiger partial charge on any atom is 0.182 e. The first kappa shape index (κ1) is 10.5. The van der Waals surface area contributed by atoms with Crippen molar-refractivity contribution >= 4 is 17.3 Å². The number of nitrogen functional groups attached to an aromatic ring is 1. The summed E-state index contributed by atoms with van der Waals surface area (Å²) in [7, 11) is 0. The normalized spacial score (nSPS) is 15.1. The molecule has 1 aromatic carbocycles. The largest absolute Gasteiger partial charge is 0.398 e. The molecule has 88 valence electrons. The zero-order valence-electron chi connectivity index (χ0n) is 9.17. The first-order valence-corrected chi connectivity index (χ1v) is 5.93. The van der Waals surface area contributed by atoms with Crippen molar-refractivity contribution in [2.45, 2.75) is 19.4 Å². The number of aromatic nitrogens is 4. The number of rotatable bonds is 3. The third kappa shape index (κ3) is 2.10. The van der Waals surface area contributed by atoms with E-state index in [1.807, 2.05) is 10.7 Å². The summed E-state index contributed by atoms with van der Waals surface area (Å²) in [6.07, 6.45) is 2.53. The Morgan fingerprint density at radius 3 is 2.94 bits per heavy atom. The lowest BCUT2D eigenvalue weighted by Crippen LogP contribution is -2.04. The van der Waals surface area contributed by atoms with Crippen LogP contribution in [0, 0.1) is 5.92 Å². The van der Waals surface area contributed by atoms with Crippen molar-refractivity contribution in [2.75, 3.05) is 5.73 Å². The van der Waals surface area contributed by atoms with Crippen molar-refractivity contribution in [3.05, 3.63) is 23.2 Å². The highest BCUT2D eigenvalue weighted by Crippen LogP contribution is 2.32. The van der Waals surface area contributed by atoms with Gasteiger partial charge in [-0.3, -0.25) is 0 Å². The molecule has 1 saturated carbocycles. The molecule has 1 aromatic heterocycles. The maximum atomic E-state index is 6.00. The number of hydrogen-bond acceptors (Lipinski definition) is 4. The van der Waals surface area contributed by atoms with Gasteiger partial charge in [0.05, 0.1) is 10.7 Å². The lowest BCUT2D eigenvalue weighted by molar-refractivity contribution is 0.548. The molecule has 6 heteroatoms. The smallest absolute Gasteiger partial charge is 0.182 e. The van der Waals surface area contributed by atoms with Gasteiger partial charge in [0, 0.05) is 12.1 Å². The Labute approximate surface area is 104 Å². The molecule has 0 spiro atoms. The Hall–Kier alpha value is -1.62. The zero-order valence-corrected chi connectivity index (χ0v) is 9.93. The number of tetrazole rings is 1. The van der Waals surface area contributed by atoms with Gasteiger partial charge in [-0.2, -0.15) is 0 Å². The van der Waals surface area contributed by atoms with E-state index < -0.39 is 0 Å². The summed E-state index contributed by atoms with van der Waals surface area (Å²) in [6, 6.07) is 5.45. The van der Waals surface area contributed by atoms with Crippen LogP contribution in [0.3, 0.4) is 0 Å². The van der Waals surface area contributed by atoms with E-state index in [9.17, 15) is 0 Å². The van der Waals surface area contributed by atoms with Crippen LogP contribution in [0.1, 0.15) is 12.8 Å². The molecule has 1 aliphatic rings. The average Bonchev–Trinajstić information content (AvgIpc) is 3.00. The molecule has 0 bridgehead atoms. The predicted octanol–water partition coefficient (Wildman–Crippen LogP) is 1.99. The van der Waals surface area contributed by atoms with Crippen molar-refractivity contribution < 1.29 is 0 Å². The van der Waals surface area contributed by atoms with E-state index in [0.29, 0.717) is 10.7 Å². The molecule has 5 nitrogen and oxygen atoms in total. The van der Waals surface area contributed by atoms with Crippen molar-refractivity contribution in [3.63, 3.8) is 0 Å². The van der Waals surface area contributed by atoms with Crippen LogP contribution in [-0.2, 0) is 6.54 Å². The van der Waals surface area contributed by atoms with E-state index in [4.69, 9.17) is 17.3 Å². The number of nitrogens with two attached hydrogens (primary N) is 1. The monoisotopic (exact) mass is 249 g/mol. The fraction of sp³-hybridized carbons (Fsp3) is 0.364. The minimum atomic E-state index is 0.531. The summed E-state index contributed by atoms with van der Waals surface area (Å²) < 4.78 is 1.83. The number of nitrogens with zero attached hydrogens (tertiary/aromatic N) is 4. The molecule has 0 amide bonds. The van der Waals surface area contributed by atoms with Crippen LogP contribution in [0.25, 0.3) is 11.4 Å². The van der Waals surface area contributed by atoms with Gasteiger partial charge in [0.2, 0.25) is 0 Å². The Bertz CT molecular complexity index is 547. The number of benzene rings is 1. The molecule has 1 aliphatic carbocycles. The molecule has 2 aromatic rings. The van der Waals surface area contributed by atoms with Crippen LogP contribution in [0.4, 0.5) is 5.69 Å². The van der Waals surface area contributed by atoms with Crippen LogP contribution in [-0.4, -0.2) is 20.2 Å². The third-order valence-corrected chi connectivity index (χ3v) is 3.25. The molecule has 1 fully saturated rings. The van der Waals surface area contributed by atoms with E-state index in [1.165, 1.54) is 12.8 Å². The van der Waals surface area contributed by atoms with Crippen LogP contribution >= 0.6 is 11.6 Å². The van der Waals surface area contributed by atoms with Gasteiger partial charge in [-0.25, -0.2) is 4.68 Å². The van der Waals surface area contributed by atoms with Gasteiger partial charge in [-0.1, -0.05) is 11.6 Å². The van der Waals surface area contributed by atoms with Gasteiger partial charge >= 0.3 is 0 Å². The average molecular weight is 250 g/mol. The summed E-state index contributed by atoms with van der Waals surface area (Å²) in [5, 5.41) is 12.3. The molecule has 0 radical (unpaired) electrons. The second kappa shape index (κ2) is 4.00. The zero-order chi connectivity index (χ0) is 11.8. The molecular formula is C11H12ClN5. The van der Waals surface area contributed by atoms with Crippen LogP contribution in [0.5, 0.6) is 0 Å². The molecule has 17 heavy (non-hydrogen) atoms. The highest BCUT2D eigenvalue weighted by atomic mass is 35.5. The molecule has 0 aliphatic heterocycles. The van der Waals surface area contributed by atoms with E-state index in [0.717, 1.165) is 23.9 Å². The maximum absolute atomic E-state index is 6.00. The number of hydrogen-bond donors (Lipinski definition) is 1. The lowest BCUT2D eigenvalue weighted by Gasteiger charge is -2.04. The quantitative estimate of drug-likeness (QED) is 0.845. The van der Waals surface area contributed by atoms with E-state index in [-0.39, 0.29) is 0 Å².